The van der Waals surface area contributed by atoms with Crippen LogP contribution in [0.5, 0.6) is 11.5 Å². The molecule has 5 N–H and O–H groups in total. The van der Waals surface area contributed by atoms with Crippen molar-refractivity contribution in [2.45, 2.75) is 42.5 Å². The fourth-order valence-corrected chi connectivity index (χ4v) is 6.91. The second-order valence-electron chi connectivity index (χ2n) is 11.3. The number of benzene rings is 3. The number of aliphatic carboxylic acids is 1. The summed E-state index contributed by atoms with van der Waals surface area (Å²) in [4.78, 5) is 52.6. The number of ether oxygens (including phenoxy) is 3. The monoisotopic (exact) mass is 682 g/mol. The SMILES string of the molecule is COC(=O)Nc1ccc(S(=O)(=O)C(C)C)c([C@H]2C(C(=O)O)CCN2C(=O)C(Nc2cccc(C(N)=O)c2)c2ccc(OC)c(OC)c2)c1. The summed E-state index contributed by atoms with van der Waals surface area (Å²) in [7, 11) is 0.0412. The van der Waals surface area contributed by atoms with Crippen molar-refractivity contribution in [1.82, 2.24) is 4.90 Å². The van der Waals surface area contributed by atoms with Crippen LogP contribution in [0.25, 0.3) is 0 Å². The van der Waals surface area contributed by atoms with Gasteiger partial charge in [0.05, 0.1) is 43.4 Å². The second kappa shape index (κ2) is 14.6. The molecular formula is C33H38N4O10S. The molecule has 1 saturated heterocycles. The Morgan fingerprint density at radius 1 is 0.938 bits per heavy atom. The van der Waals surface area contributed by atoms with Crippen LogP contribution in [-0.4, -0.2) is 75.4 Å². The van der Waals surface area contributed by atoms with E-state index in [1.807, 2.05) is 0 Å². The second-order valence-corrected chi connectivity index (χ2v) is 13.8. The van der Waals surface area contributed by atoms with Crippen molar-refractivity contribution in [2.75, 3.05) is 38.5 Å². The number of rotatable bonds is 12. The lowest BCUT2D eigenvalue weighted by atomic mass is 9.92. The molecule has 0 aliphatic carbocycles. The lowest BCUT2D eigenvalue weighted by molar-refractivity contribution is -0.143. The summed E-state index contributed by atoms with van der Waals surface area (Å²) in [5, 5.41) is 15.1. The molecule has 3 amide bonds. The van der Waals surface area contributed by atoms with Crippen molar-refractivity contribution < 1.29 is 46.9 Å². The van der Waals surface area contributed by atoms with Gasteiger partial charge in [0.15, 0.2) is 21.3 Å². The number of primary amides is 1. The lowest BCUT2D eigenvalue weighted by Gasteiger charge is -2.33. The summed E-state index contributed by atoms with van der Waals surface area (Å²) in [6, 6.07) is 12.6. The zero-order valence-corrected chi connectivity index (χ0v) is 27.9. The molecule has 15 heteroatoms. The van der Waals surface area contributed by atoms with Gasteiger partial charge in [-0.2, -0.15) is 0 Å². The number of sulfone groups is 1. The molecule has 3 aromatic carbocycles. The van der Waals surface area contributed by atoms with Gasteiger partial charge < -0.3 is 35.3 Å². The third-order valence-electron chi connectivity index (χ3n) is 8.13. The molecule has 2 unspecified atom stereocenters. The Kier molecular flexibility index (Phi) is 10.8. The van der Waals surface area contributed by atoms with E-state index in [0.29, 0.717) is 22.7 Å². The van der Waals surface area contributed by atoms with Gasteiger partial charge in [-0.05, 0) is 79.9 Å². The van der Waals surface area contributed by atoms with E-state index in [0.717, 1.165) is 7.11 Å². The van der Waals surface area contributed by atoms with Crippen LogP contribution >= 0.6 is 0 Å². The molecule has 1 aliphatic rings. The van der Waals surface area contributed by atoms with Gasteiger partial charge in [-0.3, -0.25) is 19.7 Å². The average molecular weight is 683 g/mol. The number of likely N-dealkylation sites (tertiary alicyclic amines) is 1. The molecule has 1 fully saturated rings. The number of nitrogens with one attached hydrogen (secondary N) is 2. The fraction of sp³-hybridized carbons (Fsp3) is 0.333. The third kappa shape index (κ3) is 7.30. The fourth-order valence-electron chi connectivity index (χ4n) is 5.64. The van der Waals surface area contributed by atoms with E-state index in [1.54, 1.807) is 30.3 Å². The maximum Gasteiger partial charge on any atom is 0.411 e. The molecule has 48 heavy (non-hydrogen) atoms. The Hall–Kier alpha value is -5.31. The van der Waals surface area contributed by atoms with Crippen LogP contribution in [0.15, 0.2) is 65.6 Å². The van der Waals surface area contributed by atoms with Gasteiger partial charge in [0.1, 0.15) is 6.04 Å². The van der Waals surface area contributed by atoms with E-state index in [4.69, 9.17) is 15.2 Å². The number of anilines is 2. The topological polar surface area (TPSA) is 204 Å². The van der Waals surface area contributed by atoms with E-state index in [9.17, 15) is 32.7 Å². The molecule has 0 bridgehead atoms. The molecule has 0 radical (unpaired) electrons. The molecule has 3 atom stereocenters. The van der Waals surface area contributed by atoms with Crippen LogP contribution < -0.4 is 25.8 Å². The summed E-state index contributed by atoms with van der Waals surface area (Å²) in [5.41, 5.74) is 6.60. The van der Waals surface area contributed by atoms with Gasteiger partial charge in [0, 0.05) is 23.5 Å². The van der Waals surface area contributed by atoms with Crippen molar-refractivity contribution in [3.63, 3.8) is 0 Å². The standard InChI is InChI=1S/C33H38N4O10S/c1-18(2)48(43,44)27-12-10-22(36-33(42)47-5)17-24(27)29-23(32(40)41)13-14-37(29)31(39)28(19-9-11-25(45-3)26(16-19)46-4)35-21-8-6-7-20(15-21)30(34)38/h6-12,15-18,23,28-29,35H,13-14H2,1-5H3,(H2,34,38)(H,36,42)(H,40,41)/t23?,28?,29-/m1/s1. The highest BCUT2D eigenvalue weighted by Crippen LogP contribution is 2.44. The van der Waals surface area contributed by atoms with E-state index >= 15 is 0 Å². The number of carbonyl (C=O) groups excluding carboxylic acids is 3. The number of hydrogen-bond acceptors (Lipinski definition) is 10. The number of amides is 3. The van der Waals surface area contributed by atoms with Crippen molar-refractivity contribution in [1.29, 1.82) is 0 Å². The smallest absolute Gasteiger partial charge is 0.411 e. The zero-order valence-electron chi connectivity index (χ0n) is 27.1. The summed E-state index contributed by atoms with van der Waals surface area (Å²) in [6.07, 6.45) is -0.817. The van der Waals surface area contributed by atoms with E-state index in [-0.39, 0.29) is 34.7 Å². The Bertz CT molecular complexity index is 1830. The highest BCUT2D eigenvalue weighted by molar-refractivity contribution is 7.92. The normalized spacial score (nSPS) is 16.6. The number of hydrogen-bond donors (Lipinski definition) is 4. The first kappa shape index (κ1) is 35.5. The summed E-state index contributed by atoms with van der Waals surface area (Å²) >= 11 is 0. The molecule has 4 rings (SSSR count). The molecule has 0 spiro atoms. The summed E-state index contributed by atoms with van der Waals surface area (Å²) in [6.45, 7) is 2.94. The largest absolute Gasteiger partial charge is 0.493 e. The van der Waals surface area contributed by atoms with Crippen molar-refractivity contribution in [3.05, 3.63) is 77.4 Å². The van der Waals surface area contributed by atoms with Crippen molar-refractivity contribution in [2.24, 2.45) is 11.7 Å². The first-order valence-corrected chi connectivity index (χ1v) is 16.4. The number of nitrogens with zero attached hydrogens (tertiary/aromatic N) is 1. The van der Waals surface area contributed by atoms with Crippen LogP contribution in [0.1, 0.15) is 53.8 Å². The molecule has 1 aliphatic heterocycles. The van der Waals surface area contributed by atoms with Crippen molar-refractivity contribution in [3.8, 4) is 11.5 Å². The van der Waals surface area contributed by atoms with Crippen LogP contribution in [0.3, 0.4) is 0 Å². The number of methoxy groups -OCH3 is 3. The van der Waals surface area contributed by atoms with Crippen LogP contribution in [0, 0.1) is 5.92 Å². The minimum absolute atomic E-state index is 0.0113. The minimum atomic E-state index is -4.01. The van der Waals surface area contributed by atoms with Gasteiger partial charge in [-0.25, -0.2) is 13.2 Å². The zero-order chi connectivity index (χ0) is 35.3. The first-order chi connectivity index (χ1) is 22.7. The van der Waals surface area contributed by atoms with Crippen LogP contribution in [0.2, 0.25) is 0 Å². The Labute approximate surface area is 278 Å². The van der Waals surface area contributed by atoms with Crippen molar-refractivity contribution >= 4 is 45.1 Å². The van der Waals surface area contributed by atoms with Gasteiger partial charge in [-0.1, -0.05) is 12.1 Å². The molecule has 0 saturated carbocycles. The Morgan fingerprint density at radius 3 is 2.25 bits per heavy atom. The Morgan fingerprint density at radius 2 is 1.65 bits per heavy atom. The average Bonchev–Trinajstić information content (AvgIpc) is 3.52. The molecule has 14 nitrogen and oxygen atoms in total. The minimum Gasteiger partial charge on any atom is -0.493 e. The predicted octanol–water partition coefficient (Wildman–Crippen LogP) is 3.99. The van der Waals surface area contributed by atoms with Crippen LogP contribution in [0.4, 0.5) is 16.2 Å². The molecule has 3 aromatic rings. The maximum atomic E-state index is 14.7. The number of nitrogens with two attached hydrogens (primary N) is 1. The molecule has 256 valence electrons. The molecular weight excluding hydrogens is 644 g/mol. The van der Waals surface area contributed by atoms with Gasteiger partial charge >= 0.3 is 12.1 Å². The molecule has 1 heterocycles. The van der Waals surface area contributed by atoms with Gasteiger partial charge in [0.25, 0.3) is 0 Å². The third-order valence-corrected chi connectivity index (χ3v) is 10.4. The Balaban J connectivity index is 1.92. The number of carboxylic acids is 1. The van der Waals surface area contributed by atoms with E-state index < -0.39 is 57.0 Å². The first-order valence-electron chi connectivity index (χ1n) is 14.9. The number of carbonyl (C=O) groups is 4. The van der Waals surface area contributed by atoms with E-state index in [2.05, 4.69) is 15.4 Å². The quantitative estimate of drug-likeness (QED) is 0.215. The van der Waals surface area contributed by atoms with E-state index in [1.165, 1.54) is 63.3 Å². The highest BCUT2D eigenvalue weighted by Gasteiger charge is 2.46. The lowest BCUT2D eigenvalue weighted by Crippen LogP contribution is -2.40. The van der Waals surface area contributed by atoms with Gasteiger partial charge in [-0.15, -0.1) is 0 Å². The number of carboxylic acid groups (broad SMARTS) is 1. The van der Waals surface area contributed by atoms with Crippen LogP contribution in [-0.2, 0) is 24.2 Å². The summed E-state index contributed by atoms with van der Waals surface area (Å²) < 4.78 is 42.8. The predicted molar refractivity (Wildman–Crippen MR) is 176 cm³/mol. The van der Waals surface area contributed by atoms with Gasteiger partial charge in [0.2, 0.25) is 11.8 Å². The molecule has 0 aromatic heterocycles. The highest BCUT2D eigenvalue weighted by atomic mass is 32.2. The maximum absolute atomic E-state index is 14.7. The summed E-state index contributed by atoms with van der Waals surface area (Å²) in [5.74, 6) is -3.01.